The second-order valence-electron chi connectivity index (χ2n) is 7.31. The van der Waals surface area contributed by atoms with E-state index >= 15 is 0 Å². The van der Waals surface area contributed by atoms with Crippen LogP contribution in [0.3, 0.4) is 0 Å². The van der Waals surface area contributed by atoms with Crippen LogP contribution in [0.25, 0.3) is 28.2 Å². The van der Waals surface area contributed by atoms with Gasteiger partial charge in [0, 0.05) is 44.1 Å². The van der Waals surface area contributed by atoms with Crippen molar-refractivity contribution >= 4 is 28.6 Å². The fourth-order valence-corrected chi connectivity index (χ4v) is 3.99. The molecule has 0 saturated carbocycles. The molecule has 3 aromatic heterocycles. The first kappa shape index (κ1) is 19.0. The lowest BCUT2D eigenvalue weighted by atomic mass is 10.2. The Morgan fingerprint density at radius 1 is 1.03 bits per heavy atom. The van der Waals surface area contributed by atoms with Gasteiger partial charge in [0.2, 0.25) is 0 Å². The van der Waals surface area contributed by atoms with E-state index in [-0.39, 0.29) is 5.02 Å². The first-order chi connectivity index (χ1) is 14.6. The summed E-state index contributed by atoms with van der Waals surface area (Å²) in [6.07, 6.45) is 3.46. The lowest BCUT2D eigenvalue weighted by Crippen LogP contribution is -2.43. The number of halogens is 2. The molecule has 152 valence electrons. The number of hydrogen-bond donors (Lipinski definition) is 1. The number of aromatic nitrogens is 4. The van der Waals surface area contributed by atoms with E-state index in [9.17, 15) is 4.39 Å². The minimum Gasteiger partial charge on any atom is -0.354 e. The number of imidazole rings is 1. The average molecular weight is 423 g/mol. The Balaban J connectivity index is 1.77. The highest BCUT2D eigenvalue weighted by molar-refractivity contribution is 6.31. The van der Waals surface area contributed by atoms with Crippen molar-refractivity contribution in [3.8, 4) is 17.1 Å². The van der Waals surface area contributed by atoms with Crippen molar-refractivity contribution in [3.63, 3.8) is 0 Å². The quantitative estimate of drug-likeness (QED) is 0.541. The van der Waals surface area contributed by atoms with Gasteiger partial charge < -0.3 is 10.2 Å². The fourth-order valence-electron chi connectivity index (χ4n) is 3.80. The maximum absolute atomic E-state index is 13.8. The number of nitrogens with one attached hydrogen (secondary N) is 1. The third kappa shape index (κ3) is 3.30. The first-order valence-corrected chi connectivity index (χ1v) is 10.2. The molecule has 1 aliphatic heterocycles. The summed E-state index contributed by atoms with van der Waals surface area (Å²) >= 11 is 6.07. The second kappa shape index (κ2) is 7.66. The Morgan fingerprint density at radius 3 is 2.53 bits per heavy atom. The molecule has 1 fully saturated rings. The molecule has 1 aromatic carbocycles. The van der Waals surface area contributed by atoms with Crippen molar-refractivity contribution in [3.05, 3.63) is 65.2 Å². The van der Waals surface area contributed by atoms with Gasteiger partial charge in [0.1, 0.15) is 23.0 Å². The van der Waals surface area contributed by atoms with E-state index in [2.05, 4.69) is 21.3 Å². The minimum atomic E-state index is -0.456. The summed E-state index contributed by atoms with van der Waals surface area (Å²) in [7, 11) is 0. The molecule has 1 aliphatic rings. The van der Waals surface area contributed by atoms with Gasteiger partial charge in [0.25, 0.3) is 0 Å². The molecule has 0 unspecified atom stereocenters. The maximum atomic E-state index is 13.8. The molecule has 8 heteroatoms. The molecular weight excluding hydrogens is 403 g/mol. The smallest absolute Gasteiger partial charge is 0.167 e. The number of piperazine rings is 1. The number of pyridine rings is 2. The molecule has 0 radical (unpaired) electrons. The normalized spacial score (nSPS) is 14.4. The van der Waals surface area contributed by atoms with E-state index in [1.165, 1.54) is 6.07 Å². The lowest BCUT2D eigenvalue weighted by Gasteiger charge is -2.28. The number of aryl methyl sites for hydroxylation is 1. The number of hydrogen-bond acceptors (Lipinski definition) is 5. The highest BCUT2D eigenvalue weighted by atomic mass is 35.5. The number of benzene rings is 1. The summed E-state index contributed by atoms with van der Waals surface area (Å²) < 4.78 is 15.8. The zero-order valence-corrected chi connectivity index (χ0v) is 17.2. The van der Waals surface area contributed by atoms with Crippen LogP contribution >= 0.6 is 11.6 Å². The number of nitrogens with zero attached hydrogens (tertiary/aromatic N) is 5. The second-order valence-corrected chi connectivity index (χ2v) is 7.72. The van der Waals surface area contributed by atoms with Crippen molar-refractivity contribution in [2.24, 2.45) is 0 Å². The molecule has 1 saturated heterocycles. The predicted molar refractivity (Wildman–Crippen MR) is 117 cm³/mol. The predicted octanol–water partition coefficient (Wildman–Crippen LogP) is 3.99. The molecule has 5 rings (SSSR count). The van der Waals surface area contributed by atoms with Crippen LogP contribution in [0.2, 0.25) is 5.02 Å². The highest BCUT2D eigenvalue weighted by Crippen LogP contribution is 2.32. The molecule has 0 aliphatic carbocycles. The molecule has 4 aromatic rings. The molecule has 0 bridgehead atoms. The van der Waals surface area contributed by atoms with E-state index < -0.39 is 5.82 Å². The van der Waals surface area contributed by atoms with Crippen molar-refractivity contribution in [2.45, 2.75) is 6.92 Å². The van der Waals surface area contributed by atoms with Gasteiger partial charge in [0.15, 0.2) is 5.65 Å². The molecule has 1 N–H and O–H groups in total. The largest absolute Gasteiger partial charge is 0.354 e. The minimum absolute atomic E-state index is 0.0621. The summed E-state index contributed by atoms with van der Waals surface area (Å²) in [5.74, 6) is 1.13. The number of anilines is 1. The van der Waals surface area contributed by atoms with Crippen LogP contribution in [-0.2, 0) is 0 Å². The van der Waals surface area contributed by atoms with Gasteiger partial charge in [-0.1, -0.05) is 11.6 Å². The summed E-state index contributed by atoms with van der Waals surface area (Å²) in [4.78, 5) is 16.3. The molecule has 0 atom stereocenters. The fraction of sp³-hybridized carbons (Fsp3) is 0.227. The SMILES string of the molecule is Cc1cc(N2CCNCC2)nc2c1nc(-c1ccc(F)c(Cl)c1)n2-c1ccncc1. The van der Waals surface area contributed by atoms with Crippen LogP contribution in [0.4, 0.5) is 10.2 Å². The van der Waals surface area contributed by atoms with Gasteiger partial charge in [-0.05, 0) is 48.9 Å². The van der Waals surface area contributed by atoms with Gasteiger partial charge in [0.05, 0.1) is 10.7 Å². The van der Waals surface area contributed by atoms with Gasteiger partial charge in [-0.2, -0.15) is 0 Å². The van der Waals surface area contributed by atoms with Crippen molar-refractivity contribution < 1.29 is 4.39 Å². The Labute approximate surface area is 178 Å². The Bertz CT molecular complexity index is 1220. The molecular formula is C22H20ClFN6. The number of rotatable bonds is 3. The van der Waals surface area contributed by atoms with Crippen molar-refractivity contribution in [1.29, 1.82) is 0 Å². The summed E-state index contributed by atoms with van der Waals surface area (Å²) in [6.45, 7) is 5.72. The third-order valence-electron chi connectivity index (χ3n) is 5.33. The maximum Gasteiger partial charge on any atom is 0.167 e. The topological polar surface area (TPSA) is 58.9 Å². The van der Waals surface area contributed by atoms with Crippen LogP contribution in [0.1, 0.15) is 5.56 Å². The molecule has 6 nitrogen and oxygen atoms in total. The molecule has 0 spiro atoms. The average Bonchev–Trinajstić information content (AvgIpc) is 3.17. The Kier molecular flexibility index (Phi) is 4.84. The summed E-state index contributed by atoms with van der Waals surface area (Å²) in [5, 5.41) is 3.43. The lowest BCUT2D eigenvalue weighted by molar-refractivity contribution is 0.585. The van der Waals surface area contributed by atoms with Crippen molar-refractivity contribution in [1.82, 2.24) is 24.8 Å². The molecule has 0 amide bonds. The zero-order valence-electron chi connectivity index (χ0n) is 16.4. The van der Waals surface area contributed by atoms with Gasteiger partial charge in [-0.25, -0.2) is 14.4 Å². The van der Waals surface area contributed by atoms with E-state index in [4.69, 9.17) is 21.6 Å². The van der Waals surface area contributed by atoms with Crippen LogP contribution in [0.15, 0.2) is 48.8 Å². The van der Waals surface area contributed by atoms with Gasteiger partial charge in [-0.15, -0.1) is 0 Å². The van der Waals surface area contributed by atoms with E-state index in [0.29, 0.717) is 5.82 Å². The van der Waals surface area contributed by atoms with Crippen LogP contribution in [0.5, 0.6) is 0 Å². The van der Waals surface area contributed by atoms with E-state index in [0.717, 1.165) is 60.0 Å². The highest BCUT2D eigenvalue weighted by Gasteiger charge is 2.21. The van der Waals surface area contributed by atoms with Gasteiger partial charge >= 0.3 is 0 Å². The van der Waals surface area contributed by atoms with Crippen LogP contribution in [-0.4, -0.2) is 45.7 Å². The Hall–Kier alpha value is -3.03. The zero-order chi connectivity index (χ0) is 20.7. The first-order valence-electron chi connectivity index (χ1n) is 9.83. The molecule has 30 heavy (non-hydrogen) atoms. The third-order valence-corrected chi connectivity index (χ3v) is 5.62. The monoisotopic (exact) mass is 422 g/mol. The van der Waals surface area contributed by atoms with E-state index in [1.54, 1.807) is 24.5 Å². The van der Waals surface area contributed by atoms with Gasteiger partial charge in [-0.3, -0.25) is 9.55 Å². The Morgan fingerprint density at radius 2 is 1.80 bits per heavy atom. The van der Waals surface area contributed by atoms with E-state index in [1.807, 2.05) is 23.6 Å². The van der Waals surface area contributed by atoms with Crippen LogP contribution in [0, 0.1) is 12.7 Å². The molecule has 4 heterocycles. The van der Waals surface area contributed by atoms with Crippen molar-refractivity contribution in [2.75, 3.05) is 31.1 Å². The standard InChI is InChI=1S/C22H20ClFN6/c1-14-12-19(29-10-8-26-9-11-29)27-22-20(14)28-21(15-2-3-18(24)17(23)13-15)30(22)16-4-6-25-7-5-16/h2-7,12-13,26H,8-11H2,1H3. The van der Waals surface area contributed by atoms with Crippen LogP contribution < -0.4 is 10.2 Å². The summed E-state index contributed by atoms with van der Waals surface area (Å²) in [5.41, 5.74) is 4.20. The number of fused-ring (bicyclic) bond motifs is 1. The summed E-state index contributed by atoms with van der Waals surface area (Å²) in [6, 6.07) is 10.5.